The lowest BCUT2D eigenvalue weighted by atomic mass is 10.2. The fourth-order valence-corrected chi connectivity index (χ4v) is 3.08. The molecule has 0 spiro atoms. The minimum Gasteiger partial charge on any atom is -0.457 e. The number of ether oxygens (including phenoxy) is 1. The number of benzene rings is 2. The molecule has 0 aliphatic carbocycles. The van der Waals surface area contributed by atoms with E-state index in [-0.39, 0.29) is 22.0 Å². The van der Waals surface area contributed by atoms with E-state index in [4.69, 9.17) is 4.74 Å². The Kier molecular flexibility index (Phi) is 6.46. The first-order chi connectivity index (χ1) is 14.3. The maximum atomic E-state index is 14.4. The van der Waals surface area contributed by atoms with Crippen molar-refractivity contribution in [2.45, 2.75) is 11.1 Å². The van der Waals surface area contributed by atoms with E-state index in [0.717, 1.165) is 30.1 Å². The molecule has 0 radical (unpaired) electrons. The van der Waals surface area contributed by atoms with Gasteiger partial charge in [-0.15, -0.1) is 0 Å². The molecule has 10 heteroatoms. The van der Waals surface area contributed by atoms with Crippen molar-refractivity contribution in [3.8, 4) is 11.5 Å². The number of carbonyl (C=O) groups is 1. The molecule has 30 heavy (non-hydrogen) atoms. The molecule has 0 saturated carbocycles. The fraction of sp³-hybridized carbons (Fsp3) is 0.100. The van der Waals surface area contributed by atoms with Crippen LogP contribution < -0.4 is 14.8 Å². The minimum absolute atomic E-state index is 0.0746. The van der Waals surface area contributed by atoms with Crippen LogP contribution in [0.4, 0.5) is 23.2 Å². The molecular formula is C20H15F4N3O2S. The van der Waals surface area contributed by atoms with Gasteiger partial charge in [0.25, 0.3) is 5.91 Å². The van der Waals surface area contributed by atoms with Gasteiger partial charge in [-0.05, 0) is 48.3 Å². The summed E-state index contributed by atoms with van der Waals surface area (Å²) in [6.07, 6.45) is -3.07. The number of nitrogens with one attached hydrogen (secondary N) is 2. The Labute approximate surface area is 173 Å². The number of amides is 1. The third-order valence-electron chi connectivity index (χ3n) is 3.81. The summed E-state index contributed by atoms with van der Waals surface area (Å²) in [5.74, 6) is -0.580. The van der Waals surface area contributed by atoms with Crippen molar-refractivity contribution in [3.63, 3.8) is 0 Å². The van der Waals surface area contributed by atoms with Crippen molar-refractivity contribution in [1.29, 1.82) is 0 Å². The molecule has 0 aliphatic heterocycles. The van der Waals surface area contributed by atoms with Crippen molar-refractivity contribution in [3.05, 3.63) is 77.9 Å². The molecular weight excluding hydrogens is 422 g/mol. The first-order valence-electron chi connectivity index (χ1n) is 8.52. The van der Waals surface area contributed by atoms with Crippen molar-refractivity contribution in [2.75, 3.05) is 11.8 Å². The summed E-state index contributed by atoms with van der Waals surface area (Å²) in [7, 11) is 1.47. The van der Waals surface area contributed by atoms with Crippen LogP contribution in [0.3, 0.4) is 0 Å². The molecule has 0 aliphatic rings. The van der Waals surface area contributed by atoms with Crippen LogP contribution in [0, 0.1) is 5.82 Å². The number of carbonyl (C=O) groups excluding carboxylic acids is 1. The molecule has 5 nitrogen and oxygen atoms in total. The van der Waals surface area contributed by atoms with Gasteiger partial charge in [-0.1, -0.05) is 6.07 Å². The first-order valence-corrected chi connectivity index (χ1v) is 9.33. The molecule has 2 aromatic carbocycles. The van der Waals surface area contributed by atoms with E-state index in [2.05, 4.69) is 15.0 Å². The van der Waals surface area contributed by atoms with Crippen molar-refractivity contribution in [2.24, 2.45) is 0 Å². The van der Waals surface area contributed by atoms with E-state index in [0.29, 0.717) is 5.75 Å². The van der Waals surface area contributed by atoms with Crippen molar-refractivity contribution >= 4 is 23.5 Å². The van der Waals surface area contributed by atoms with Crippen LogP contribution in [0.15, 0.2) is 65.7 Å². The first kappa shape index (κ1) is 21.4. The highest BCUT2D eigenvalue weighted by Gasteiger charge is 2.30. The van der Waals surface area contributed by atoms with Gasteiger partial charge in [0.2, 0.25) is 0 Å². The lowest BCUT2D eigenvalue weighted by Gasteiger charge is -2.11. The van der Waals surface area contributed by atoms with E-state index in [1.165, 1.54) is 49.6 Å². The molecule has 0 atom stereocenters. The van der Waals surface area contributed by atoms with Gasteiger partial charge in [-0.2, -0.15) is 13.2 Å². The van der Waals surface area contributed by atoms with Gasteiger partial charge in [-0.3, -0.25) is 9.78 Å². The molecule has 0 fully saturated rings. The van der Waals surface area contributed by atoms with E-state index in [1.54, 1.807) is 0 Å². The van der Waals surface area contributed by atoms with Gasteiger partial charge >= 0.3 is 6.18 Å². The van der Waals surface area contributed by atoms with E-state index in [1.807, 2.05) is 0 Å². The highest BCUT2D eigenvalue weighted by Crippen LogP contribution is 2.33. The van der Waals surface area contributed by atoms with Crippen molar-refractivity contribution in [1.82, 2.24) is 10.3 Å². The zero-order chi connectivity index (χ0) is 21.7. The zero-order valence-electron chi connectivity index (χ0n) is 15.5. The molecule has 0 unspecified atom stereocenters. The Balaban J connectivity index is 1.68. The Morgan fingerprint density at radius 1 is 1.07 bits per heavy atom. The van der Waals surface area contributed by atoms with Crippen LogP contribution in [0.2, 0.25) is 0 Å². The molecule has 0 bridgehead atoms. The average Bonchev–Trinajstić information content (AvgIpc) is 2.72. The maximum absolute atomic E-state index is 14.4. The lowest BCUT2D eigenvalue weighted by molar-refractivity contribution is -0.137. The zero-order valence-corrected chi connectivity index (χ0v) is 16.3. The second-order valence-electron chi connectivity index (χ2n) is 5.93. The average molecular weight is 437 g/mol. The van der Waals surface area contributed by atoms with Gasteiger partial charge in [0.05, 0.1) is 11.3 Å². The van der Waals surface area contributed by atoms with E-state index >= 15 is 0 Å². The predicted molar refractivity (Wildman–Crippen MR) is 105 cm³/mol. The number of hydrogen-bond donors (Lipinski definition) is 2. The summed E-state index contributed by atoms with van der Waals surface area (Å²) in [6, 6.07) is 11.6. The highest BCUT2D eigenvalue weighted by molar-refractivity contribution is 8.00. The van der Waals surface area contributed by atoms with E-state index < -0.39 is 23.5 Å². The van der Waals surface area contributed by atoms with Crippen LogP contribution in [0.25, 0.3) is 0 Å². The number of rotatable bonds is 6. The highest BCUT2D eigenvalue weighted by atomic mass is 32.2. The molecule has 0 saturated heterocycles. The number of halogens is 4. The number of alkyl halides is 3. The summed E-state index contributed by atoms with van der Waals surface area (Å²) in [6.45, 7) is 0. The van der Waals surface area contributed by atoms with Crippen LogP contribution in [-0.2, 0) is 6.18 Å². The van der Waals surface area contributed by atoms with Gasteiger partial charge in [0.15, 0.2) is 5.82 Å². The Morgan fingerprint density at radius 2 is 1.83 bits per heavy atom. The lowest BCUT2D eigenvalue weighted by Crippen LogP contribution is -2.18. The summed E-state index contributed by atoms with van der Waals surface area (Å²) >= 11 is 0.852. The summed E-state index contributed by atoms with van der Waals surface area (Å²) in [4.78, 5) is 15.8. The van der Waals surface area contributed by atoms with Crippen LogP contribution in [0.1, 0.15) is 16.1 Å². The molecule has 3 rings (SSSR count). The monoisotopic (exact) mass is 437 g/mol. The van der Waals surface area contributed by atoms with Crippen LogP contribution in [-0.4, -0.2) is 17.9 Å². The molecule has 1 aromatic heterocycles. The van der Waals surface area contributed by atoms with Gasteiger partial charge in [-0.25, -0.2) is 4.39 Å². The Morgan fingerprint density at radius 3 is 2.53 bits per heavy atom. The largest absolute Gasteiger partial charge is 0.457 e. The maximum Gasteiger partial charge on any atom is 0.416 e. The van der Waals surface area contributed by atoms with Gasteiger partial charge in [0.1, 0.15) is 17.2 Å². The fourth-order valence-electron chi connectivity index (χ4n) is 2.35. The third-order valence-corrected chi connectivity index (χ3v) is 4.62. The van der Waals surface area contributed by atoms with Crippen LogP contribution >= 0.6 is 11.9 Å². The number of pyridine rings is 1. The second kappa shape index (κ2) is 9.04. The number of anilines is 1. The second-order valence-corrected chi connectivity index (χ2v) is 6.81. The molecule has 156 valence electrons. The topological polar surface area (TPSA) is 63.2 Å². The number of aromatic nitrogens is 1. The van der Waals surface area contributed by atoms with Gasteiger partial charge < -0.3 is 14.8 Å². The molecule has 3 aromatic rings. The third kappa shape index (κ3) is 5.41. The minimum atomic E-state index is -4.45. The SMILES string of the molecule is CNC(=O)c1cc(Oc2ccc(NSc3cccc(C(F)(F)F)c3)c(F)c2)ccn1. The molecule has 1 heterocycles. The number of hydrogen-bond acceptors (Lipinski definition) is 5. The predicted octanol–water partition coefficient (Wildman–Crippen LogP) is 5.51. The Bertz CT molecular complexity index is 1060. The molecule has 2 N–H and O–H groups in total. The smallest absolute Gasteiger partial charge is 0.416 e. The number of nitrogens with zero attached hydrogens (tertiary/aromatic N) is 1. The summed E-state index contributed by atoms with van der Waals surface area (Å²) in [5.41, 5.74) is -0.566. The van der Waals surface area contributed by atoms with E-state index in [9.17, 15) is 22.4 Å². The standard InChI is InChI=1S/C20H15F4N3O2S/c1-25-19(28)18-11-14(7-8-26-18)29-13-5-6-17(16(21)10-13)27-30-15-4-2-3-12(9-15)20(22,23)24/h2-11,27H,1H3,(H,25,28). The normalized spacial score (nSPS) is 11.1. The quantitative estimate of drug-likeness (QED) is 0.393. The molecule has 1 amide bonds. The summed E-state index contributed by atoms with van der Waals surface area (Å²) in [5, 5.41) is 2.44. The van der Waals surface area contributed by atoms with Crippen LogP contribution in [0.5, 0.6) is 11.5 Å². The Hall–Kier alpha value is -3.27. The summed E-state index contributed by atoms with van der Waals surface area (Å²) < 4.78 is 60.9. The van der Waals surface area contributed by atoms with Gasteiger partial charge in [0, 0.05) is 30.3 Å². The van der Waals surface area contributed by atoms with Crippen molar-refractivity contribution < 1.29 is 27.1 Å².